The number of hydrogen-bond acceptors (Lipinski definition) is 8. The van der Waals surface area contributed by atoms with Crippen molar-refractivity contribution >= 4 is 6.09 Å². The first-order valence-electron chi connectivity index (χ1n) is 22.2. The van der Waals surface area contributed by atoms with Crippen molar-refractivity contribution < 1.29 is 43.8 Å². The Morgan fingerprint density at radius 2 is 1.12 bits per heavy atom. The zero-order valence-corrected chi connectivity index (χ0v) is 34.5. The van der Waals surface area contributed by atoms with Crippen molar-refractivity contribution in [3.8, 4) is 0 Å². The van der Waals surface area contributed by atoms with E-state index in [-0.39, 0.29) is 18.4 Å². The molecule has 4 aromatic rings. The number of allylic oxidation sites excluding steroid dienone is 1. The van der Waals surface area contributed by atoms with Crippen LogP contribution in [-0.4, -0.2) is 66.1 Å². The van der Waals surface area contributed by atoms with Gasteiger partial charge in [-0.25, -0.2) is 4.79 Å². The molecule has 0 spiro atoms. The van der Waals surface area contributed by atoms with Crippen LogP contribution in [0.25, 0.3) is 0 Å². The Balaban J connectivity index is 1.62. The number of aliphatic hydroxyl groups excluding tert-OH is 1. The van der Waals surface area contributed by atoms with E-state index in [4.69, 9.17) is 29.8 Å². The van der Waals surface area contributed by atoms with E-state index >= 15 is 0 Å². The number of carbonyl (C=O) groups excluding carboxylic acids is 1. The molecule has 0 aromatic heterocycles. The molecule has 0 saturated carbocycles. The Morgan fingerprint density at radius 1 is 0.690 bits per heavy atom. The van der Waals surface area contributed by atoms with Crippen LogP contribution in [0.5, 0.6) is 0 Å². The van der Waals surface area contributed by atoms with E-state index in [1.165, 1.54) is 0 Å². The van der Waals surface area contributed by atoms with E-state index in [2.05, 4.69) is 26.1 Å². The van der Waals surface area contributed by atoms with Gasteiger partial charge >= 0.3 is 6.09 Å². The average Bonchev–Trinajstić information content (AvgIpc) is 3.24. The predicted molar refractivity (Wildman–Crippen MR) is 227 cm³/mol. The minimum absolute atomic E-state index is 0.0699. The second-order valence-electron chi connectivity index (χ2n) is 16.6. The molecule has 0 bridgehead atoms. The van der Waals surface area contributed by atoms with Crippen molar-refractivity contribution in [1.29, 1.82) is 0 Å². The first-order chi connectivity index (χ1) is 29.5. The fourth-order valence-corrected chi connectivity index (χ4v) is 6.32. The maximum absolute atomic E-state index is 13.4. The summed E-state index contributed by atoms with van der Waals surface area (Å²) in [5.74, 6) is 0. The fourth-order valence-electron chi connectivity index (χ4n) is 6.32. The molecule has 1 saturated heterocycles. The number of rotatable bonds is 19. The van der Waals surface area contributed by atoms with Crippen molar-refractivity contribution in [2.45, 2.75) is 129 Å². The number of alkyl carbamates (subject to hydrolysis) is 1. The summed E-state index contributed by atoms with van der Waals surface area (Å²) in [6.07, 6.45) is -3.56. The molecule has 5 unspecified atom stereocenters. The molecular weight excluding hydrogens is 731 g/mol. The van der Waals surface area contributed by atoms with E-state index in [1.54, 1.807) is 112 Å². The highest BCUT2D eigenvalue weighted by molar-refractivity contribution is 5.68. The summed E-state index contributed by atoms with van der Waals surface area (Å²) in [6, 6.07) is 34.9. The summed E-state index contributed by atoms with van der Waals surface area (Å²) in [4.78, 5) is 13.4. The quantitative estimate of drug-likeness (QED) is 0.0906. The number of ether oxygens (including phenoxy) is 6. The Morgan fingerprint density at radius 3 is 1.57 bits per heavy atom. The van der Waals surface area contributed by atoms with Gasteiger partial charge < -0.3 is 38.8 Å². The van der Waals surface area contributed by atoms with E-state index in [0.717, 1.165) is 0 Å². The third-order valence-corrected chi connectivity index (χ3v) is 9.16. The molecule has 312 valence electrons. The van der Waals surface area contributed by atoms with Gasteiger partial charge in [-0.2, -0.15) is 0 Å². The number of nitrogens with one attached hydrogen (secondary N) is 1. The fraction of sp³-hybridized carbons (Fsp3) is 0.449. The van der Waals surface area contributed by atoms with Crippen LogP contribution in [0.4, 0.5) is 4.79 Å². The first-order valence-corrected chi connectivity index (χ1v) is 19.9. The van der Waals surface area contributed by atoms with Crippen LogP contribution in [0.1, 0.15) is 82.1 Å². The van der Waals surface area contributed by atoms with Gasteiger partial charge in [-0.3, -0.25) is 0 Å². The lowest BCUT2D eigenvalue weighted by Gasteiger charge is -2.47. The lowest BCUT2D eigenvalue weighted by Crippen LogP contribution is -2.62. The number of aliphatic hydroxyl groups is 1. The smallest absolute Gasteiger partial charge is 0.407 e. The van der Waals surface area contributed by atoms with Crippen LogP contribution in [0.3, 0.4) is 0 Å². The summed E-state index contributed by atoms with van der Waals surface area (Å²) in [5, 5.41) is 14.7. The zero-order chi connectivity index (χ0) is 44.9. The van der Waals surface area contributed by atoms with E-state index in [1.807, 2.05) is 42.5 Å². The number of benzene rings is 4. The maximum Gasteiger partial charge on any atom is 0.407 e. The first kappa shape index (κ1) is 39.1. The van der Waals surface area contributed by atoms with Crippen LogP contribution in [0, 0.1) is 5.41 Å². The van der Waals surface area contributed by atoms with Crippen molar-refractivity contribution in [2.24, 2.45) is 5.41 Å². The molecule has 1 heterocycles. The molecule has 0 radical (unpaired) electrons. The van der Waals surface area contributed by atoms with Crippen molar-refractivity contribution in [3.63, 3.8) is 0 Å². The average molecular weight is 798 g/mol. The number of amides is 1. The lowest BCUT2D eigenvalue weighted by atomic mass is 9.88. The molecular formula is C49H63NO8. The minimum atomic E-state index is -1.28. The Bertz CT molecular complexity index is 1930. The van der Waals surface area contributed by atoms with Gasteiger partial charge in [0.25, 0.3) is 0 Å². The summed E-state index contributed by atoms with van der Waals surface area (Å²) in [6.45, 7) is 6.32. The topological polar surface area (TPSA) is 105 Å². The van der Waals surface area contributed by atoms with Gasteiger partial charge in [-0.15, -0.1) is 0 Å². The van der Waals surface area contributed by atoms with Crippen LogP contribution in [0.2, 0.25) is 0 Å². The van der Waals surface area contributed by atoms with Crippen LogP contribution in [0.15, 0.2) is 133 Å². The lowest BCUT2D eigenvalue weighted by molar-refractivity contribution is -0.274. The van der Waals surface area contributed by atoms with Gasteiger partial charge in [0.1, 0.15) is 30.0 Å². The van der Waals surface area contributed by atoms with Gasteiger partial charge in [-0.05, 0) is 61.3 Å². The summed E-state index contributed by atoms with van der Waals surface area (Å²) in [7, 11) is 0. The predicted octanol–water partition coefficient (Wildman–Crippen LogP) is 9.36. The highest BCUT2D eigenvalue weighted by Crippen LogP contribution is 2.33. The van der Waals surface area contributed by atoms with Gasteiger partial charge in [-0.1, -0.05) is 154 Å². The molecule has 0 aliphatic carbocycles. The van der Waals surface area contributed by atoms with Gasteiger partial charge in [0.2, 0.25) is 0 Å². The molecule has 2 N–H and O–H groups in total. The van der Waals surface area contributed by atoms with Gasteiger partial charge in [0.15, 0.2) is 0 Å². The Labute approximate surface area is 351 Å². The Kier molecular flexibility index (Phi) is 14.9. The molecule has 9 heteroatoms. The van der Waals surface area contributed by atoms with Crippen LogP contribution in [-0.2, 0) is 54.8 Å². The Hall–Kier alpha value is -4.35. The highest BCUT2D eigenvalue weighted by atomic mass is 16.6. The maximum atomic E-state index is 13.4. The van der Waals surface area contributed by atoms with Gasteiger partial charge in [0.05, 0.1) is 56.7 Å². The minimum Gasteiger partial charge on any atom is -0.444 e. The number of hydrogen-bond donors (Lipinski definition) is 2. The van der Waals surface area contributed by atoms with Crippen molar-refractivity contribution in [1.82, 2.24) is 5.32 Å². The summed E-state index contributed by atoms with van der Waals surface area (Å²) < 4.78 is 75.4. The SMILES string of the molecule is [2H]C(OC[C@H]1OC(C[C@H](NC(=O)OC(C)(C)C)[C@H](O)C=CCC(C)(C)C)[C@H](OC([2H])c2ccccc2)[C@@H](OC([2H])c2ccccc2)[C@H]1OC([2H])c1ccccc1)c1ccccc1. The second-order valence-corrected chi connectivity index (χ2v) is 16.6. The standard InChI is InChI=1S/C49H63NO8/c1-48(2,3)29-19-28-41(51)40(50-47(52)58-49(4,5)6)30-42-44(54-32-37-22-13-8-14-23-37)46(56-34-39-26-17-10-18-27-39)45(55-33-38-24-15-9-16-25-38)43(57-42)35-53-31-36-20-11-7-12-21-36/h7-28,40-46,51H,29-35H2,1-6H3,(H,50,52)/t40-,41+,42?,43+,44-,45-,46+/m0/s1/i31D,32D,33D,34D/t31?,32?,33?,34?,40-,41+,42?,43+,44-,45-,46+. The molecule has 58 heavy (non-hydrogen) atoms. The largest absolute Gasteiger partial charge is 0.444 e. The van der Waals surface area contributed by atoms with E-state index in [9.17, 15) is 14.0 Å². The summed E-state index contributed by atoms with van der Waals surface area (Å²) in [5.41, 5.74) is 1.32. The monoisotopic (exact) mass is 797 g/mol. The zero-order valence-electron chi connectivity index (χ0n) is 38.5. The second kappa shape index (κ2) is 22.1. The van der Waals surface area contributed by atoms with Crippen LogP contribution < -0.4 is 5.32 Å². The highest BCUT2D eigenvalue weighted by Gasteiger charge is 2.49. The molecule has 1 aliphatic rings. The normalized spacial score (nSPS) is 24.2. The third-order valence-electron chi connectivity index (χ3n) is 9.16. The molecule has 1 fully saturated rings. The molecule has 5 rings (SSSR count). The molecule has 4 aromatic carbocycles. The van der Waals surface area contributed by atoms with Crippen molar-refractivity contribution in [3.05, 3.63) is 156 Å². The van der Waals surface area contributed by atoms with Gasteiger partial charge in [0, 0.05) is 0 Å². The van der Waals surface area contributed by atoms with Crippen LogP contribution >= 0.6 is 0 Å². The van der Waals surface area contributed by atoms with E-state index < -0.39 is 80.7 Å². The van der Waals surface area contributed by atoms with E-state index in [0.29, 0.717) is 28.7 Å². The van der Waals surface area contributed by atoms with Crippen molar-refractivity contribution in [2.75, 3.05) is 6.61 Å². The molecule has 1 amide bonds. The molecule has 11 atom stereocenters. The third kappa shape index (κ3) is 15.4. The number of carbonyl (C=O) groups is 1. The molecule has 1 aliphatic heterocycles. The summed E-state index contributed by atoms with van der Waals surface area (Å²) >= 11 is 0. The molecule has 9 nitrogen and oxygen atoms in total.